The lowest BCUT2D eigenvalue weighted by atomic mass is 9.81. The number of carboxylic acids is 1. The summed E-state index contributed by atoms with van der Waals surface area (Å²) in [6.45, 7) is 2.26. The van der Waals surface area contributed by atoms with E-state index in [4.69, 9.17) is 5.11 Å². The van der Waals surface area contributed by atoms with Gasteiger partial charge in [-0.05, 0) is 42.4 Å². The van der Waals surface area contributed by atoms with Crippen molar-refractivity contribution in [2.24, 2.45) is 11.8 Å². The Morgan fingerprint density at radius 2 is 1.95 bits per heavy atom. The molecular weight excluding hydrogens is 266 g/mol. The summed E-state index contributed by atoms with van der Waals surface area (Å²) in [6.07, 6.45) is 5.39. The van der Waals surface area contributed by atoms with E-state index >= 15 is 0 Å². The Morgan fingerprint density at radius 3 is 2.57 bits per heavy atom. The predicted octanol–water partition coefficient (Wildman–Crippen LogP) is 3.47. The molecular formula is C17H23NO3. The minimum atomic E-state index is -0.849. The molecule has 0 spiro atoms. The first-order valence-corrected chi connectivity index (χ1v) is 7.63. The van der Waals surface area contributed by atoms with Crippen LogP contribution in [-0.4, -0.2) is 17.0 Å². The molecule has 2 unspecified atom stereocenters. The minimum Gasteiger partial charge on any atom is -0.481 e. The molecule has 0 radical (unpaired) electrons. The zero-order chi connectivity index (χ0) is 15.2. The number of carboxylic acid groups (broad SMARTS) is 1. The lowest BCUT2D eigenvalue weighted by Gasteiger charge is -2.26. The molecule has 1 fully saturated rings. The molecule has 2 atom stereocenters. The molecule has 4 heteroatoms. The van der Waals surface area contributed by atoms with Gasteiger partial charge in [-0.15, -0.1) is 0 Å². The second-order valence-corrected chi connectivity index (χ2v) is 6.16. The molecule has 2 rings (SSSR count). The van der Waals surface area contributed by atoms with Gasteiger partial charge in [0.1, 0.15) is 0 Å². The van der Waals surface area contributed by atoms with Gasteiger partial charge in [0.25, 0.3) is 0 Å². The van der Waals surface area contributed by atoms with Crippen molar-refractivity contribution < 1.29 is 14.7 Å². The lowest BCUT2D eigenvalue weighted by molar-refractivity contribution is -0.136. The summed E-state index contributed by atoms with van der Waals surface area (Å²) in [5, 5.41) is 11.6. The van der Waals surface area contributed by atoms with E-state index in [9.17, 15) is 9.59 Å². The molecule has 114 valence electrons. The molecule has 1 aromatic carbocycles. The summed E-state index contributed by atoms with van der Waals surface area (Å²) in [4.78, 5) is 22.7. The minimum absolute atomic E-state index is 0.00812. The van der Waals surface area contributed by atoms with E-state index < -0.39 is 5.97 Å². The number of anilines is 1. The number of amides is 1. The zero-order valence-corrected chi connectivity index (χ0v) is 12.5. The van der Waals surface area contributed by atoms with E-state index in [1.807, 2.05) is 0 Å². The lowest BCUT2D eigenvalue weighted by Crippen LogP contribution is -2.20. The van der Waals surface area contributed by atoms with E-state index in [0.29, 0.717) is 12.3 Å². The van der Waals surface area contributed by atoms with Crippen LogP contribution in [-0.2, 0) is 16.0 Å². The van der Waals surface area contributed by atoms with Crippen molar-refractivity contribution in [1.29, 1.82) is 0 Å². The second-order valence-electron chi connectivity index (χ2n) is 6.16. The third-order valence-electron chi connectivity index (χ3n) is 4.11. The highest BCUT2D eigenvalue weighted by molar-refractivity contribution is 5.90. The Labute approximate surface area is 125 Å². The van der Waals surface area contributed by atoms with Crippen LogP contribution in [0.3, 0.4) is 0 Å². The SMILES string of the molecule is CC1CCCC(CC(=O)Nc2ccc(CC(=O)O)cc2)C1. The Balaban J connectivity index is 1.83. The highest BCUT2D eigenvalue weighted by Crippen LogP contribution is 2.30. The Hall–Kier alpha value is -1.84. The molecule has 1 aromatic rings. The number of carbonyl (C=O) groups excluding carboxylic acids is 1. The third-order valence-corrected chi connectivity index (χ3v) is 4.11. The van der Waals surface area contributed by atoms with Gasteiger partial charge >= 0.3 is 5.97 Å². The fraction of sp³-hybridized carbons (Fsp3) is 0.529. The second kappa shape index (κ2) is 7.25. The topological polar surface area (TPSA) is 66.4 Å². The number of hydrogen-bond donors (Lipinski definition) is 2. The molecule has 0 aliphatic heterocycles. The van der Waals surface area contributed by atoms with E-state index in [0.717, 1.165) is 30.0 Å². The first kappa shape index (κ1) is 15.5. The van der Waals surface area contributed by atoms with Gasteiger partial charge < -0.3 is 10.4 Å². The summed E-state index contributed by atoms with van der Waals surface area (Å²) in [5.74, 6) is 0.435. The number of carbonyl (C=O) groups is 2. The summed E-state index contributed by atoms with van der Waals surface area (Å²) < 4.78 is 0. The monoisotopic (exact) mass is 289 g/mol. The first-order chi connectivity index (χ1) is 10.0. The van der Waals surface area contributed by atoms with Gasteiger partial charge in [0, 0.05) is 12.1 Å². The zero-order valence-electron chi connectivity index (χ0n) is 12.5. The van der Waals surface area contributed by atoms with Crippen LogP contribution in [0.4, 0.5) is 5.69 Å². The van der Waals surface area contributed by atoms with Crippen molar-refractivity contribution in [1.82, 2.24) is 0 Å². The average molecular weight is 289 g/mol. The molecule has 4 nitrogen and oxygen atoms in total. The van der Waals surface area contributed by atoms with Gasteiger partial charge in [-0.2, -0.15) is 0 Å². The number of rotatable bonds is 5. The smallest absolute Gasteiger partial charge is 0.307 e. The molecule has 1 amide bonds. The van der Waals surface area contributed by atoms with Crippen molar-refractivity contribution >= 4 is 17.6 Å². The third kappa shape index (κ3) is 5.21. The average Bonchev–Trinajstić information content (AvgIpc) is 2.40. The summed E-state index contributed by atoms with van der Waals surface area (Å²) >= 11 is 0. The molecule has 0 bridgehead atoms. The van der Waals surface area contributed by atoms with Crippen molar-refractivity contribution in [2.45, 2.75) is 45.4 Å². The summed E-state index contributed by atoms with van der Waals surface area (Å²) in [6, 6.07) is 7.01. The van der Waals surface area contributed by atoms with Crippen LogP contribution in [0.2, 0.25) is 0 Å². The Kier molecular flexibility index (Phi) is 5.37. The quantitative estimate of drug-likeness (QED) is 0.872. The molecule has 0 heterocycles. The van der Waals surface area contributed by atoms with E-state index in [1.165, 1.54) is 12.8 Å². The van der Waals surface area contributed by atoms with Crippen LogP contribution < -0.4 is 5.32 Å². The maximum atomic E-state index is 12.0. The molecule has 0 saturated heterocycles. The van der Waals surface area contributed by atoms with E-state index in [2.05, 4.69) is 12.2 Å². The Morgan fingerprint density at radius 1 is 1.24 bits per heavy atom. The molecule has 0 aromatic heterocycles. The maximum Gasteiger partial charge on any atom is 0.307 e. The van der Waals surface area contributed by atoms with Gasteiger partial charge in [0.15, 0.2) is 0 Å². The largest absolute Gasteiger partial charge is 0.481 e. The van der Waals surface area contributed by atoms with Crippen LogP contribution in [0.25, 0.3) is 0 Å². The normalized spacial score (nSPS) is 21.8. The van der Waals surface area contributed by atoms with Crippen LogP contribution in [0.5, 0.6) is 0 Å². The van der Waals surface area contributed by atoms with Gasteiger partial charge in [-0.3, -0.25) is 9.59 Å². The maximum absolute atomic E-state index is 12.0. The number of hydrogen-bond acceptors (Lipinski definition) is 2. The first-order valence-electron chi connectivity index (χ1n) is 7.63. The fourth-order valence-corrected chi connectivity index (χ4v) is 3.10. The fourth-order valence-electron chi connectivity index (χ4n) is 3.10. The van der Waals surface area contributed by atoms with Gasteiger partial charge in [-0.1, -0.05) is 31.9 Å². The predicted molar refractivity (Wildman–Crippen MR) is 82.2 cm³/mol. The van der Waals surface area contributed by atoms with E-state index in [-0.39, 0.29) is 12.3 Å². The molecule has 2 N–H and O–H groups in total. The summed E-state index contributed by atoms with van der Waals surface area (Å²) in [7, 11) is 0. The number of benzene rings is 1. The highest BCUT2D eigenvalue weighted by Gasteiger charge is 2.21. The van der Waals surface area contributed by atoms with Crippen LogP contribution in [0.15, 0.2) is 24.3 Å². The van der Waals surface area contributed by atoms with Gasteiger partial charge in [-0.25, -0.2) is 0 Å². The standard InChI is InChI=1S/C17H23NO3/c1-12-3-2-4-14(9-12)10-16(19)18-15-7-5-13(6-8-15)11-17(20)21/h5-8,12,14H,2-4,9-11H2,1H3,(H,18,19)(H,20,21). The van der Waals surface area contributed by atoms with Crippen molar-refractivity contribution in [3.05, 3.63) is 29.8 Å². The molecule has 1 aliphatic rings. The summed E-state index contributed by atoms with van der Waals surface area (Å²) in [5.41, 5.74) is 1.47. The molecule has 1 saturated carbocycles. The van der Waals surface area contributed by atoms with E-state index in [1.54, 1.807) is 24.3 Å². The van der Waals surface area contributed by atoms with Gasteiger partial charge in [0.2, 0.25) is 5.91 Å². The van der Waals surface area contributed by atoms with Crippen LogP contribution in [0, 0.1) is 11.8 Å². The molecule has 1 aliphatic carbocycles. The highest BCUT2D eigenvalue weighted by atomic mass is 16.4. The van der Waals surface area contributed by atoms with Crippen molar-refractivity contribution in [3.63, 3.8) is 0 Å². The Bertz CT molecular complexity index is 495. The van der Waals surface area contributed by atoms with Gasteiger partial charge in [0.05, 0.1) is 6.42 Å². The van der Waals surface area contributed by atoms with Crippen LogP contribution >= 0.6 is 0 Å². The van der Waals surface area contributed by atoms with Crippen molar-refractivity contribution in [2.75, 3.05) is 5.32 Å². The number of nitrogens with one attached hydrogen (secondary N) is 1. The van der Waals surface area contributed by atoms with Crippen molar-refractivity contribution in [3.8, 4) is 0 Å². The van der Waals surface area contributed by atoms with Crippen LogP contribution in [0.1, 0.15) is 44.6 Å². The molecule has 21 heavy (non-hydrogen) atoms. The number of aliphatic carboxylic acids is 1.